The van der Waals surface area contributed by atoms with E-state index in [0.29, 0.717) is 11.7 Å². The highest BCUT2D eigenvalue weighted by molar-refractivity contribution is 7.19. The van der Waals surface area contributed by atoms with Gasteiger partial charge in [0.05, 0.1) is 16.0 Å². The van der Waals surface area contributed by atoms with E-state index in [2.05, 4.69) is 22.2 Å². The molecular weight excluding hydrogens is 340 g/mol. The minimum Gasteiger partial charge on any atom is -0.506 e. The molecule has 7 nitrogen and oxygen atoms in total. The van der Waals surface area contributed by atoms with Gasteiger partial charge in [-0.2, -0.15) is 0 Å². The Kier molecular flexibility index (Phi) is 3.76. The standard InChI is InChI=1S/C17H16N4O3S/c1-9-2-4-11-14(6-9)25-17-15(11)16(18-8-19-17)20-12-7-10(21(23)24)3-5-13(12)22/h3,5,7-9,22H,2,4,6H2,1H3,(H,18,19,20). The average Bonchev–Trinajstić information content (AvgIpc) is 2.94. The van der Waals surface area contributed by atoms with E-state index in [0.717, 1.165) is 29.5 Å². The second-order valence-electron chi connectivity index (χ2n) is 6.34. The lowest BCUT2D eigenvalue weighted by Gasteiger charge is -2.18. The number of aromatic nitrogens is 2. The Labute approximate surface area is 147 Å². The molecule has 3 aromatic rings. The fourth-order valence-electron chi connectivity index (χ4n) is 3.24. The first kappa shape index (κ1) is 15.8. The summed E-state index contributed by atoms with van der Waals surface area (Å²) in [5, 5.41) is 25.0. The third-order valence-electron chi connectivity index (χ3n) is 4.54. The highest BCUT2D eigenvalue weighted by atomic mass is 32.1. The van der Waals surface area contributed by atoms with Crippen molar-refractivity contribution in [2.45, 2.75) is 26.2 Å². The Hall–Kier alpha value is -2.74. The first-order valence-corrected chi connectivity index (χ1v) is 8.84. The van der Waals surface area contributed by atoms with Crippen LogP contribution < -0.4 is 5.32 Å². The number of phenolic OH excluding ortho intramolecular Hbond substituents is 1. The van der Waals surface area contributed by atoms with Gasteiger partial charge in [0.2, 0.25) is 0 Å². The Bertz CT molecular complexity index is 985. The Balaban J connectivity index is 1.80. The zero-order valence-corrected chi connectivity index (χ0v) is 14.3. The SMILES string of the molecule is CC1CCc2c(sc3ncnc(Nc4cc([N+](=O)[O-])ccc4O)c23)C1. The van der Waals surface area contributed by atoms with Crippen LogP contribution in [0.3, 0.4) is 0 Å². The van der Waals surface area contributed by atoms with Gasteiger partial charge in [-0.25, -0.2) is 9.97 Å². The number of nitrogens with one attached hydrogen (secondary N) is 1. The average molecular weight is 356 g/mol. The molecule has 1 aromatic carbocycles. The van der Waals surface area contributed by atoms with Crippen LogP contribution in [0.15, 0.2) is 24.5 Å². The number of nitro benzene ring substituents is 1. The van der Waals surface area contributed by atoms with E-state index in [4.69, 9.17) is 0 Å². The summed E-state index contributed by atoms with van der Waals surface area (Å²) >= 11 is 1.68. The fraction of sp³-hybridized carbons (Fsp3) is 0.294. The number of hydrogen-bond acceptors (Lipinski definition) is 7. The summed E-state index contributed by atoms with van der Waals surface area (Å²) in [5.74, 6) is 1.17. The maximum Gasteiger partial charge on any atom is 0.271 e. The minimum absolute atomic E-state index is 0.0601. The van der Waals surface area contributed by atoms with Crippen LogP contribution in [-0.2, 0) is 12.8 Å². The number of aromatic hydroxyl groups is 1. The third-order valence-corrected chi connectivity index (χ3v) is 5.70. The summed E-state index contributed by atoms with van der Waals surface area (Å²) in [6, 6.07) is 3.89. The lowest BCUT2D eigenvalue weighted by molar-refractivity contribution is -0.384. The van der Waals surface area contributed by atoms with Crippen molar-refractivity contribution in [2.24, 2.45) is 5.92 Å². The molecule has 128 valence electrons. The van der Waals surface area contributed by atoms with E-state index in [1.165, 1.54) is 35.0 Å². The molecule has 2 heterocycles. The molecule has 8 heteroatoms. The van der Waals surface area contributed by atoms with Gasteiger partial charge in [-0.1, -0.05) is 6.92 Å². The number of nitro groups is 1. The number of fused-ring (bicyclic) bond motifs is 3. The highest BCUT2D eigenvalue weighted by Crippen LogP contribution is 2.41. The molecule has 0 saturated carbocycles. The predicted molar refractivity (Wildman–Crippen MR) is 96.6 cm³/mol. The molecule has 0 spiro atoms. The largest absolute Gasteiger partial charge is 0.506 e. The molecule has 1 aliphatic rings. The number of nitrogens with zero attached hydrogens (tertiary/aromatic N) is 3. The van der Waals surface area contributed by atoms with Crippen molar-refractivity contribution >= 4 is 38.7 Å². The zero-order valence-electron chi connectivity index (χ0n) is 13.5. The number of benzene rings is 1. The van der Waals surface area contributed by atoms with Gasteiger partial charge >= 0.3 is 0 Å². The molecule has 1 atom stereocenters. The minimum atomic E-state index is -0.492. The molecule has 1 aliphatic carbocycles. The number of thiophene rings is 1. The normalized spacial score (nSPS) is 16.6. The van der Waals surface area contributed by atoms with Crippen LogP contribution in [0.4, 0.5) is 17.2 Å². The van der Waals surface area contributed by atoms with Crippen molar-refractivity contribution in [1.29, 1.82) is 0 Å². The van der Waals surface area contributed by atoms with Gasteiger partial charge in [0, 0.05) is 17.0 Å². The molecular formula is C17H16N4O3S. The number of hydrogen-bond donors (Lipinski definition) is 2. The van der Waals surface area contributed by atoms with Crippen molar-refractivity contribution in [2.75, 3.05) is 5.32 Å². The zero-order chi connectivity index (χ0) is 17.6. The lowest BCUT2D eigenvalue weighted by atomic mass is 9.89. The van der Waals surface area contributed by atoms with Crippen LogP contribution in [0, 0.1) is 16.0 Å². The van der Waals surface area contributed by atoms with Gasteiger partial charge in [0.1, 0.15) is 22.7 Å². The van der Waals surface area contributed by atoms with Gasteiger partial charge in [0.25, 0.3) is 5.69 Å². The maximum absolute atomic E-state index is 11.0. The molecule has 25 heavy (non-hydrogen) atoms. The van der Waals surface area contributed by atoms with E-state index in [1.807, 2.05) is 0 Å². The third kappa shape index (κ3) is 2.78. The van der Waals surface area contributed by atoms with E-state index >= 15 is 0 Å². The number of anilines is 2. The quantitative estimate of drug-likeness (QED) is 0.415. The molecule has 0 radical (unpaired) electrons. The summed E-state index contributed by atoms with van der Waals surface area (Å²) in [4.78, 5) is 21.4. The molecule has 0 fully saturated rings. The Morgan fingerprint density at radius 3 is 3.04 bits per heavy atom. The second kappa shape index (κ2) is 5.96. The number of phenols is 1. The van der Waals surface area contributed by atoms with Crippen LogP contribution in [0.25, 0.3) is 10.2 Å². The van der Waals surface area contributed by atoms with E-state index in [9.17, 15) is 15.2 Å². The van der Waals surface area contributed by atoms with Crippen molar-refractivity contribution in [3.05, 3.63) is 45.1 Å². The molecule has 4 rings (SSSR count). The number of aryl methyl sites for hydroxylation is 1. The predicted octanol–water partition coefficient (Wildman–Crippen LogP) is 4.17. The molecule has 0 bridgehead atoms. The molecule has 2 N–H and O–H groups in total. The summed E-state index contributed by atoms with van der Waals surface area (Å²) in [5.41, 5.74) is 1.43. The molecule has 2 aromatic heterocycles. The van der Waals surface area contributed by atoms with Crippen molar-refractivity contribution in [3.8, 4) is 5.75 Å². The second-order valence-corrected chi connectivity index (χ2v) is 7.42. The van der Waals surface area contributed by atoms with Gasteiger partial charge in [0.15, 0.2) is 0 Å². The van der Waals surface area contributed by atoms with Crippen LogP contribution >= 0.6 is 11.3 Å². The Morgan fingerprint density at radius 2 is 2.24 bits per heavy atom. The summed E-state index contributed by atoms with van der Waals surface area (Å²) < 4.78 is 0. The summed E-state index contributed by atoms with van der Waals surface area (Å²) in [7, 11) is 0. The van der Waals surface area contributed by atoms with Crippen LogP contribution in [-0.4, -0.2) is 20.0 Å². The van der Waals surface area contributed by atoms with Crippen LogP contribution in [0.2, 0.25) is 0 Å². The fourth-order valence-corrected chi connectivity index (χ4v) is 4.59. The molecule has 0 amide bonds. The molecule has 0 saturated heterocycles. The van der Waals surface area contributed by atoms with Crippen molar-refractivity contribution in [3.63, 3.8) is 0 Å². The summed E-state index contributed by atoms with van der Waals surface area (Å²) in [6.45, 7) is 2.25. The van der Waals surface area contributed by atoms with E-state index < -0.39 is 4.92 Å². The van der Waals surface area contributed by atoms with E-state index in [-0.39, 0.29) is 17.1 Å². The monoisotopic (exact) mass is 356 g/mol. The van der Waals surface area contributed by atoms with Gasteiger partial charge < -0.3 is 10.4 Å². The first-order valence-electron chi connectivity index (χ1n) is 8.02. The van der Waals surface area contributed by atoms with Gasteiger partial charge in [-0.05, 0) is 36.8 Å². The smallest absolute Gasteiger partial charge is 0.271 e. The lowest BCUT2D eigenvalue weighted by Crippen LogP contribution is -2.09. The number of rotatable bonds is 3. The van der Waals surface area contributed by atoms with Crippen molar-refractivity contribution < 1.29 is 10.0 Å². The maximum atomic E-state index is 11.0. The summed E-state index contributed by atoms with van der Waals surface area (Å²) in [6.07, 6.45) is 4.61. The Morgan fingerprint density at radius 1 is 1.40 bits per heavy atom. The van der Waals surface area contributed by atoms with Crippen LogP contribution in [0.1, 0.15) is 23.8 Å². The van der Waals surface area contributed by atoms with Crippen molar-refractivity contribution in [1.82, 2.24) is 9.97 Å². The van der Waals surface area contributed by atoms with Gasteiger partial charge in [-0.3, -0.25) is 10.1 Å². The molecule has 0 aliphatic heterocycles. The highest BCUT2D eigenvalue weighted by Gasteiger charge is 2.23. The topological polar surface area (TPSA) is 101 Å². The molecule has 1 unspecified atom stereocenters. The first-order chi connectivity index (χ1) is 12.0. The number of non-ortho nitro benzene ring substituents is 1. The van der Waals surface area contributed by atoms with Gasteiger partial charge in [-0.15, -0.1) is 11.3 Å². The van der Waals surface area contributed by atoms with Crippen LogP contribution in [0.5, 0.6) is 5.75 Å². The van der Waals surface area contributed by atoms with E-state index in [1.54, 1.807) is 11.3 Å².